The number of aldehydes is 1. The van der Waals surface area contributed by atoms with Gasteiger partial charge in [0.15, 0.2) is 12.0 Å². The average molecular weight is 338 g/mol. The second-order valence-electron chi connectivity index (χ2n) is 4.37. The number of unbranched alkanes of at least 4 members (excludes halogenated alkanes) is 1. The van der Waals surface area contributed by atoms with Crippen molar-refractivity contribution in [1.29, 1.82) is 0 Å². The van der Waals surface area contributed by atoms with Crippen LogP contribution in [0, 0.1) is 0 Å². The van der Waals surface area contributed by atoms with Gasteiger partial charge in [0.05, 0.1) is 0 Å². The normalized spacial score (nSPS) is 13.5. The van der Waals surface area contributed by atoms with Crippen LogP contribution in [-0.4, -0.2) is 22.2 Å². The van der Waals surface area contributed by atoms with Crippen LogP contribution in [0.2, 0.25) is 0 Å². The molecule has 126 valence electrons. The van der Waals surface area contributed by atoms with Crippen LogP contribution < -0.4 is 0 Å². The van der Waals surface area contributed by atoms with E-state index in [4.69, 9.17) is 0 Å². The molecule has 0 aliphatic carbocycles. The molecule has 0 fully saturated rings. The van der Waals surface area contributed by atoms with E-state index in [0.29, 0.717) is 6.42 Å². The second kappa shape index (κ2) is 5.84. The van der Waals surface area contributed by atoms with Crippen molar-refractivity contribution in [2.45, 2.75) is 44.6 Å². The zero-order chi connectivity index (χ0) is 17.3. The van der Waals surface area contributed by atoms with E-state index in [9.17, 15) is 39.9 Å². The highest BCUT2D eigenvalue weighted by Gasteiger charge is 2.64. The van der Waals surface area contributed by atoms with Crippen LogP contribution in [0.5, 0.6) is 0 Å². The average Bonchev–Trinajstić information content (AvgIpc) is 2.73. The summed E-state index contributed by atoms with van der Waals surface area (Å²) in [4.78, 5) is 10.8. The highest BCUT2D eigenvalue weighted by molar-refractivity contribution is 5.76. The zero-order valence-electron chi connectivity index (χ0n) is 11.0. The molecule has 0 aliphatic heterocycles. The Labute approximate surface area is 118 Å². The molecule has 0 bridgehead atoms. The van der Waals surface area contributed by atoms with Gasteiger partial charge in [-0.2, -0.15) is 40.2 Å². The van der Waals surface area contributed by atoms with Gasteiger partial charge in [-0.15, -0.1) is 0 Å². The number of aromatic nitrogens is 2. The van der Waals surface area contributed by atoms with Crippen molar-refractivity contribution in [2.24, 2.45) is 0 Å². The van der Waals surface area contributed by atoms with Gasteiger partial charge in [-0.05, 0) is 6.42 Å². The molecule has 0 aromatic carbocycles. The number of carbonyl (C=O) groups excluding carboxylic acids is 1. The maximum absolute atomic E-state index is 13.3. The molecule has 0 spiro atoms. The minimum absolute atomic E-state index is 0.150. The number of aryl methyl sites for hydroxylation is 1. The predicted octanol–water partition coefficient (Wildman–Crippen LogP) is 4.17. The minimum atomic E-state index is -6.27. The van der Waals surface area contributed by atoms with Crippen LogP contribution in [0.15, 0.2) is 0 Å². The number of alkyl halides is 8. The fraction of sp³-hybridized carbons (Fsp3) is 0.636. The lowest BCUT2D eigenvalue weighted by Gasteiger charge is -2.19. The van der Waals surface area contributed by atoms with Gasteiger partial charge in [0.25, 0.3) is 0 Å². The van der Waals surface area contributed by atoms with E-state index in [0.717, 1.165) is 0 Å². The van der Waals surface area contributed by atoms with Crippen molar-refractivity contribution in [3.63, 3.8) is 0 Å². The van der Waals surface area contributed by atoms with Gasteiger partial charge in [0.2, 0.25) is 0 Å². The Bertz CT molecular complexity index is 544. The third kappa shape index (κ3) is 3.22. The minimum Gasteiger partial charge on any atom is -0.296 e. The first kappa shape index (κ1) is 18.4. The van der Waals surface area contributed by atoms with Crippen molar-refractivity contribution in [2.75, 3.05) is 0 Å². The molecule has 0 aliphatic rings. The molecular formula is C11H10F8N2O. The largest absolute Gasteiger partial charge is 0.459 e. The number of hydrogen-bond acceptors (Lipinski definition) is 2. The number of halogens is 8. The van der Waals surface area contributed by atoms with Crippen LogP contribution in [0.1, 0.15) is 41.5 Å². The molecule has 11 heteroatoms. The first-order valence-electron chi connectivity index (χ1n) is 5.96. The van der Waals surface area contributed by atoms with Crippen LogP contribution >= 0.6 is 0 Å². The fourth-order valence-corrected chi connectivity index (χ4v) is 1.71. The summed E-state index contributed by atoms with van der Waals surface area (Å²) >= 11 is 0. The summed E-state index contributed by atoms with van der Waals surface area (Å²) < 4.78 is 102. The number of hydrogen-bond donors (Lipinski definition) is 0. The second-order valence-corrected chi connectivity index (χ2v) is 4.37. The Kier molecular flexibility index (Phi) is 4.88. The van der Waals surface area contributed by atoms with Crippen molar-refractivity contribution < 1.29 is 39.9 Å². The van der Waals surface area contributed by atoms with Crippen molar-refractivity contribution in [3.8, 4) is 0 Å². The summed E-state index contributed by atoms with van der Waals surface area (Å²) in [6, 6.07) is 0. The molecule has 1 aromatic heterocycles. The molecular weight excluding hydrogens is 328 g/mol. The Morgan fingerprint density at radius 3 is 2.00 bits per heavy atom. The molecule has 3 nitrogen and oxygen atoms in total. The molecule has 0 saturated heterocycles. The van der Waals surface area contributed by atoms with Crippen LogP contribution in [0.4, 0.5) is 35.1 Å². The highest BCUT2D eigenvalue weighted by Crippen LogP contribution is 2.48. The van der Waals surface area contributed by atoms with Gasteiger partial charge in [0, 0.05) is 6.54 Å². The smallest absolute Gasteiger partial charge is 0.296 e. The van der Waals surface area contributed by atoms with E-state index < -0.39 is 41.5 Å². The van der Waals surface area contributed by atoms with E-state index >= 15 is 0 Å². The number of carbonyl (C=O) groups is 1. The number of rotatable bonds is 5. The SMILES string of the molecule is CCCCn1nc(C(F)(F)C(F)(F)F)c(C(F)(F)F)c1C=O. The lowest BCUT2D eigenvalue weighted by atomic mass is 10.1. The Hall–Kier alpha value is -1.68. The summed E-state index contributed by atoms with van der Waals surface area (Å²) in [7, 11) is 0. The third-order valence-electron chi connectivity index (χ3n) is 2.76. The molecule has 22 heavy (non-hydrogen) atoms. The maximum Gasteiger partial charge on any atom is 0.459 e. The fourth-order valence-electron chi connectivity index (χ4n) is 1.71. The van der Waals surface area contributed by atoms with E-state index in [1.54, 1.807) is 6.92 Å². The number of nitrogens with zero attached hydrogens (tertiary/aromatic N) is 2. The van der Waals surface area contributed by atoms with E-state index in [1.165, 1.54) is 0 Å². The van der Waals surface area contributed by atoms with Gasteiger partial charge < -0.3 is 0 Å². The lowest BCUT2D eigenvalue weighted by molar-refractivity contribution is -0.292. The highest BCUT2D eigenvalue weighted by atomic mass is 19.4. The van der Waals surface area contributed by atoms with E-state index in [-0.39, 0.29) is 17.6 Å². The topological polar surface area (TPSA) is 34.9 Å². The van der Waals surface area contributed by atoms with Gasteiger partial charge in [-0.25, -0.2) is 0 Å². The lowest BCUT2D eigenvalue weighted by Crippen LogP contribution is -2.36. The van der Waals surface area contributed by atoms with Gasteiger partial charge in [-0.1, -0.05) is 13.3 Å². The Morgan fingerprint density at radius 1 is 1.09 bits per heavy atom. The molecule has 0 atom stereocenters. The first-order valence-corrected chi connectivity index (χ1v) is 5.96. The van der Waals surface area contributed by atoms with Crippen LogP contribution in [0.25, 0.3) is 0 Å². The van der Waals surface area contributed by atoms with Crippen molar-refractivity contribution in [1.82, 2.24) is 9.78 Å². The summed E-state index contributed by atoms with van der Waals surface area (Å²) in [6.07, 6.45) is -11.7. The summed E-state index contributed by atoms with van der Waals surface area (Å²) in [5.41, 5.74) is -6.22. The van der Waals surface area contributed by atoms with E-state index in [2.05, 4.69) is 5.10 Å². The molecule has 0 N–H and O–H groups in total. The predicted molar refractivity (Wildman–Crippen MR) is 57.5 cm³/mol. The monoisotopic (exact) mass is 338 g/mol. The molecule has 0 radical (unpaired) electrons. The quantitative estimate of drug-likeness (QED) is 0.597. The molecule has 1 rings (SSSR count). The van der Waals surface area contributed by atoms with Gasteiger partial charge in [-0.3, -0.25) is 9.48 Å². The van der Waals surface area contributed by atoms with Crippen LogP contribution in [0.3, 0.4) is 0 Å². The third-order valence-corrected chi connectivity index (χ3v) is 2.76. The maximum atomic E-state index is 13.3. The first-order chi connectivity index (χ1) is 9.87. The Morgan fingerprint density at radius 2 is 1.64 bits per heavy atom. The Balaban J connectivity index is 3.63. The molecule has 1 aromatic rings. The standard InChI is InChI=1S/C11H10F8N2O/c1-2-3-4-21-6(5-22)7(10(14,15)16)8(20-21)9(12,13)11(17,18)19/h5H,2-4H2,1H3. The van der Waals surface area contributed by atoms with Crippen molar-refractivity contribution in [3.05, 3.63) is 17.0 Å². The molecule has 0 amide bonds. The summed E-state index contributed by atoms with van der Waals surface area (Å²) in [6.45, 7) is 1.22. The molecule has 1 heterocycles. The van der Waals surface area contributed by atoms with Crippen molar-refractivity contribution >= 4 is 6.29 Å². The summed E-state index contributed by atoms with van der Waals surface area (Å²) in [5.74, 6) is -5.83. The van der Waals surface area contributed by atoms with Crippen LogP contribution in [-0.2, 0) is 18.6 Å². The van der Waals surface area contributed by atoms with E-state index in [1.807, 2.05) is 0 Å². The van der Waals surface area contributed by atoms with Gasteiger partial charge in [0.1, 0.15) is 11.3 Å². The van der Waals surface area contributed by atoms with Gasteiger partial charge >= 0.3 is 18.3 Å². The summed E-state index contributed by atoms with van der Waals surface area (Å²) in [5, 5.41) is 2.72. The zero-order valence-corrected chi connectivity index (χ0v) is 11.0. The molecule has 0 saturated carbocycles. The molecule has 0 unspecified atom stereocenters.